The van der Waals surface area contributed by atoms with Crippen LogP contribution in [0.4, 0.5) is 35.1 Å². The van der Waals surface area contributed by atoms with Crippen molar-refractivity contribution in [2.45, 2.75) is 88.9 Å². The highest BCUT2D eigenvalue weighted by atomic mass is 19.4. The summed E-state index contributed by atoms with van der Waals surface area (Å²) in [5.74, 6) is -20.7. The lowest BCUT2D eigenvalue weighted by Crippen LogP contribution is -2.59. The number of halogens is 8. The maximum atomic E-state index is 13.3. The summed E-state index contributed by atoms with van der Waals surface area (Å²) < 4.78 is 111. The Morgan fingerprint density at radius 1 is 0.812 bits per heavy atom. The van der Waals surface area contributed by atoms with E-state index in [0.29, 0.717) is 12.8 Å². The summed E-state index contributed by atoms with van der Waals surface area (Å²) in [7, 11) is 0. The van der Waals surface area contributed by atoms with Crippen molar-refractivity contribution >= 4 is 11.9 Å². The quantitative estimate of drug-likeness (QED) is 0.105. The van der Waals surface area contributed by atoms with Gasteiger partial charge in [0.15, 0.2) is 6.61 Å². The molecule has 0 bridgehead atoms. The number of rotatable bonds is 17. The minimum absolute atomic E-state index is 0.127. The summed E-state index contributed by atoms with van der Waals surface area (Å²) >= 11 is 0. The zero-order valence-electron chi connectivity index (χ0n) is 17.7. The van der Waals surface area contributed by atoms with E-state index < -0.39 is 49.2 Å². The lowest BCUT2D eigenvalue weighted by atomic mass is 10.1. The molecule has 188 valence electrons. The van der Waals surface area contributed by atoms with Gasteiger partial charge in [-0.2, -0.15) is 26.3 Å². The van der Waals surface area contributed by atoms with Crippen molar-refractivity contribution in [3.63, 3.8) is 0 Å². The zero-order valence-corrected chi connectivity index (χ0v) is 17.7. The van der Waals surface area contributed by atoms with Crippen molar-refractivity contribution in [1.29, 1.82) is 0 Å². The Hall–Kier alpha value is -1.88. The van der Waals surface area contributed by atoms with E-state index in [2.05, 4.69) is 11.7 Å². The number of esters is 2. The predicted molar refractivity (Wildman–Crippen MR) is 99.1 cm³/mol. The number of carbonyl (C=O) groups is 2. The number of hydrogen-bond donors (Lipinski definition) is 0. The van der Waals surface area contributed by atoms with E-state index in [0.717, 1.165) is 25.7 Å². The predicted octanol–water partition coefficient (Wildman–Crippen LogP) is 6.33. The van der Waals surface area contributed by atoms with Gasteiger partial charge < -0.3 is 9.47 Å². The molecule has 0 spiro atoms. The first-order chi connectivity index (χ1) is 14.8. The summed E-state index contributed by atoms with van der Waals surface area (Å²) in [6.07, 6.45) is 3.40. The second kappa shape index (κ2) is 14.3. The third-order valence-corrected chi connectivity index (χ3v) is 4.25. The van der Waals surface area contributed by atoms with Crippen LogP contribution in [0, 0.1) is 0 Å². The molecule has 0 aliphatic heterocycles. The molecule has 12 heteroatoms. The highest BCUT2D eigenvalue weighted by Gasteiger charge is 2.75. The van der Waals surface area contributed by atoms with Crippen molar-refractivity contribution in [3.8, 4) is 0 Å². The van der Waals surface area contributed by atoms with Crippen LogP contribution in [0.2, 0.25) is 0 Å². The molecule has 0 fully saturated rings. The molecule has 0 aromatic rings. The Morgan fingerprint density at radius 2 is 1.34 bits per heavy atom. The molecule has 0 rings (SSSR count). The largest absolute Gasteiger partial charge is 0.466 e. The number of allylic oxidation sites excluding steroid dienone is 2. The monoisotopic (exact) mass is 484 g/mol. The molecule has 0 unspecified atom stereocenters. The standard InChI is InChI=1S/C20H28F8O4/c1-2-3-4-5-6-7-8-9-13-31-15(29)11-10-12-16(30)32-14-18(23,24)20(27,28)19(25,26)17(21)22/h6-7,17H,2-5,8-14H2,1H3/b7-6+. The van der Waals surface area contributed by atoms with Crippen LogP contribution in [0.5, 0.6) is 0 Å². The number of ether oxygens (including phenoxy) is 2. The summed E-state index contributed by atoms with van der Waals surface area (Å²) in [6.45, 7) is -0.288. The van der Waals surface area contributed by atoms with Crippen molar-refractivity contribution in [1.82, 2.24) is 0 Å². The van der Waals surface area contributed by atoms with E-state index >= 15 is 0 Å². The van der Waals surface area contributed by atoms with Crippen LogP contribution in [0.15, 0.2) is 12.2 Å². The van der Waals surface area contributed by atoms with E-state index in [4.69, 9.17) is 4.74 Å². The van der Waals surface area contributed by atoms with Gasteiger partial charge in [0.2, 0.25) is 0 Å². The molecule has 0 amide bonds. The zero-order chi connectivity index (χ0) is 24.8. The van der Waals surface area contributed by atoms with Gasteiger partial charge in [0.25, 0.3) is 0 Å². The van der Waals surface area contributed by atoms with E-state index in [1.54, 1.807) is 0 Å². The Morgan fingerprint density at radius 3 is 1.88 bits per heavy atom. The molecule has 32 heavy (non-hydrogen) atoms. The third kappa shape index (κ3) is 10.2. The summed E-state index contributed by atoms with van der Waals surface area (Å²) in [4.78, 5) is 22.8. The highest BCUT2D eigenvalue weighted by Crippen LogP contribution is 2.48. The van der Waals surface area contributed by atoms with Gasteiger partial charge in [0.1, 0.15) is 0 Å². The Labute approximate surface area is 181 Å². The van der Waals surface area contributed by atoms with Crippen LogP contribution in [-0.2, 0) is 19.1 Å². The molecule has 0 saturated heterocycles. The molecule has 0 N–H and O–H groups in total. The first-order valence-corrected chi connectivity index (χ1v) is 10.2. The van der Waals surface area contributed by atoms with E-state index in [1.165, 1.54) is 0 Å². The van der Waals surface area contributed by atoms with Crippen LogP contribution in [-0.4, -0.2) is 49.3 Å². The van der Waals surface area contributed by atoms with Crippen LogP contribution in [0.25, 0.3) is 0 Å². The fourth-order valence-corrected chi connectivity index (χ4v) is 2.30. The van der Waals surface area contributed by atoms with E-state index in [-0.39, 0.29) is 19.4 Å². The van der Waals surface area contributed by atoms with Crippen molar-refractivity contribution < 1.29 is 54.2 Å². The fourth-order valence-electron chi connectivity index (χ4n) is 2.30. The van der Waals surface area contributed by atoms with Gasteiger partial charge in [-0.1, -0.05) is 31.9 Å². The van der Waals surface area contributed by atoms with Gasteiger partial charge >= 0.3 is 36.1 Å². The lowest BCUT2D eigenvalue weighted by molar-refractivity contribution is -0.344. The first-order valence-electron chi connectivity index (χ1n) is 10.2. The second-order valence-corrected chi connectivity index (χ2v) is 7.05. The van der Waals surface area contributed by atoms with Crippen LogP contribution < -0.4 is 0 Å². The van der Waals surface area contributed by atoms with Crippen molar-refractivity contribution in [2.75, 3.05) is 13.2 Å². The smallest absolute Gasteiger partial charge is 0.381 e. The average Bonchev–Trinajstić information content (AvgIpc) is 2.70. The van der Waals surface area contributed by atoms with Crippen LogP contribution in [0.3, 0.4) is 0 Å². The van der Waals surface area contributed by atoms with E-state index in [1.807, 2.05) is 12.2 Å². The Balaban J connectivity index is 4.11. The molecule has 0 aromatic carbocycles. The Kier molecular flexibility index (Phi) is 13.5. The van der Waals surface area contributed by atoms with E-state index in [9.17, 15) is 44.7 Å². The molecule has 0 aliphatic carbocycles. The molecule has 0 atom stereocenters. The van der Waals surface area contributed by atoms with Crippen molar-refractivity contribution in [2.24, 2.45) is 0 Å². The van der Waals surface area contributed by atoms with Gasteiger partial charge in [-0.25, -0.2) is 8.78 Å². The van der Waals surface area contributed by atoms with Crippen molar-refractivity contribution in [3.05, 3.63) is 12.2 Å². The normalized spacial score (nSPS) is 13.1. The minimum atomic E-state index is -6.44. The second-order valence-electron chi connectivity index (χ2n) is 7.05. The van der Waals surface area contributed by atoms with Crippen LogP contribution >= 0.6 is 0 Å². The third-order valence-electron chi connectivity index (χ3n) is 4.25. The lowest BCUT2D eigenvalue weighted by Gasteiger charge is -2.31. The molecule has 0 aliphatic rings. The minimum Gasteiger partial charge on any atom is -0.466 e. The number of carbonyl (C=O) groups excluding carboxylic acids is 2. The molecule has 0 radical (unpaired) electrons. The molecule has 4 nitrogen and oxygen atoms in total. The number of alkyl halides is 8. The summed E-state index contributed by atoms with van der Waals surface area (Å²) in [5, 5.41) is 0. The average molecular weight is 484 g/mol. The molecular formula is C20H28F8O4. The van der Waals surface area contributed by atoms with Gasteiger partial charge in [0.05, 0.1) is 6.61 Å². The van der Waals surface area contributed by atoms with Gasteiger partial charge in [-0.15, -0.1) is 0 Å². The first kappa shape index (κ1) is 30.1. The Bertz CT molecular complexity index is 594. The fraction of sp³-hybridized carbons (Fsp3) is 0.800. The summed E-state index contributed by atoms with van der Waals surface area (Å²) in [5.41, 5.74) is 0. The maximum Gasteiger partial charge on any atom is 0.381 e. The topological polar surface area (TPSA) is 52.6 Å². The van der Waals surface area contributed by atoms with Gasteiger partial charge in [0, 0.05) is 12.8 Å². The van der Waals surface area contributed by atoms with Gasteiger partial charge in [-0.05, 0) is 32.1 Å². The molecule has 0 heterocycles. The number of hydrogen-bond acceptors (Lipinski definition) is 4. The number of unbranched alkanes of at least 4 members (excludes halogenated alkanes) is 4. The summed E-state index contributed by atoms with van der Waals surface area (Å²) in [6, 6.07) is 0. The molecule has 0 saturated carbocycles. The highest BCUT2D eigenvalue weighted by molar-refractivity contribution is 5.72. The SMILES string of the molecule is CCCCC/C=C/CCCOC(=O)CCCC(=O)OCC(F)(F)C(F)(F)C(F)(F)C(F)F. The molecule has 0 aromatic heterocycles. The van der Waals surface area contributed by atoms with Crippen LogP contribution in [0.1, 0.15) is 64.7 Å². The maximum absolute atomic E-state index is 13.3. The van der Waals surface area contributed by atoms with Gasteiger partial charge in [-0.3, -0.25) is 9.59 Å². The molecular weight excluding hydrogens is 456 g/mol.